The van der Waals surface area contributed by atoms with Gasteiger partial charge in [-0.1, -0.05) is 59.7 Å². The molecular formula is C17H22N2Pt2. The minimum absolute atomic E-state index is 0. The van der Waals surface area contributed by atoms with Crippen molar-refractivity contribution in [2.75, 3.05) is 0 Å². The van der Waals surface area contributed by atoms with E-state index < -0.39 is 0 Å². The summed E-state index contributed by atoms with van der Waals surface area (Å²) < 4.78 is 0. The third-order valence-electron chi connectivity index (χ3n) is 3.23. The molecule has 1 rings (SSSR count). The Bertz CT molecular complexity index is 552. The van der Waals surface area contributed by atoms with Crippen molar-refractivity contribution in [2.45, 2.75) is 53.0 Å². The normalized spacial score (nSPS) is 12.2. The van der Waals surface area contributed by atoms with Gasteiger partial charge in [0.15, 0.2) is 0 Å². The molecule has 0 fully saturated rings. The molecule has 0 heterocycles. The monoisotopic (exact) mass is 644 g/mol. The van der Waals surface area contributed by atoms with E-state index in [1.165, 1.54) is 0 Å². The van der Waals surface area contributed by atoms with Gasteiger partial charge in [-0.3, -0.25) is 0 Å². The SMILES string of the molecule is [C-]#[N+]c1c(C([N+]#[C-])C(C)(C)C)cccc1C(C)(C)C.[Pt].[Pt]. The number of nitrogens with zero attached hydrogens (tertiary/aromatic N) is 2. The van der Waals surface area contributed by atoms with Crippen molar-refractivity contribution < 1.29 is 42.1 Å². The Kier molecular flexibility index (Phi) is 9.00. The second kappa shape index (κ2) is 8.27. The first-order valence-corrected chi connectivity index (χ1v) is 6.50. The molecule has 0 aliphatic rings. The third kappa shape index (κ3) is 5.36. The average molecular weight is 645 g/mol. The molecule has 0 N–H and O–H groups in total. The summed E-state index contributed by atoms with van der Waals surface area (Å²) in [6, 6.07) is 5.62. The molecule has 120 valence electrons. The smallest absolute Gasteiger partial charge is 0.244 e. The van der Waals surface area contributed by atoms with Gasteiger partial charge in [0, 0.05) is 53.1 Å². The van der Waals surface area contributed by atoms with Gasteiger partial charge in [0.1, 0.15) is 0 Å². The van der Waals surface area contributed by atoms with Crippen LogP contribution in [0.25, 0.3) is 9.69 Å². The van der Waals surface area contributed by atoms with E-state index in [1.54, 1.807) is 0 Å². The van der Waals surface area contributed by atoms with Gasteiger partial charge < -0.3 is 4.85 Å². The minimum Gasteiger partial charge on any atom is -0.309 e. The number of hydrogen-bond donors (Lipinski definition) is 0. The van der Waals surface area contributed by atoms with Gasteiger partial charge in [-0.15, -0.1) is 0 Å². The van der Waals surface area contributed by atoms with Crippen molar-refractivity contribution >= 4 is 5.69 Å². The van der Waals surface area contributed by atoms with Crippen molar-refractivity contribution in [1.29, 1.82) is 0 Å². The maximum atomic E-state index is 7.50. The molecule has 0 bridgehead atoms. The molecule has 4 heteroatoms. The van der Waals surface area contributed by atoms with Crippen LogP contribution < -0.4 is 0 Å². The summed E-state index contributed by atoms with van der Waals surface area (Å²) in [5.74, 6) is 0. The molecule has 21 heavy (non-hydrogen) atoms. The van der Waals surface area contributed by atoms with Crippen LogP contribution in [0.3, 0.4) is 0 Å². The molecule has 0 aromatic heterocycles. The molecule has 0 aliphatic heterocycles. The van der Waals surface area contributed by atoms with Crippen LogP contribution >= 0.6 is 0 Å². The summed E-state index contributed by atoms with van der Waals surface area (Å²) in [7, 11) is 0. The molecule has 1 aromatic carbocycles. The second-order valence-electron chi connectivity index (χ2n) is 7.00. The van der Waals surface area contributed by atoms with E-state index in [2.05, 4.69) is 30.5 Å². The number of hydrogen-bond acceptors (Lipinski definition) is 0. The van der Waals surface area contributed by atoms with E-state index in [9.17, 15) is 0 Å². The zero-order valence-corrected chi connectivity index (χ0v) is 17.9. The second-order valence-corrected chi connectivity index (χ2v) is 7.00. The first kappa shape index (κ1) is 22.9. The van der Waals surface area contributed by atoms with E-state index in [4.69, 9.17) is 13.1 Å². The van der Waals surface area contributed by atoms with Crippen LogP contribution in [-0.4, -0.2) is 0 Å². The van der Waals surface area contributed by atoms with E-state index in [-0.39, 0.29) is 59.0 Å². The molecule has 2 nitrogen and oxygen atoms in total. The quantitative estimate of drug-likeness (QED) is 0.356. The zero-order chi connectivity index (χ0) is 14.8. The molecule has 0 amide bonds. The summed E-state index contributed by atoms with van der Waals surface area (Å²) in [5.41, 5.74) is 2.30. The van der Waals surface area contributed by atoms with Crippen molar-refractivity contribution in [3.63, 3.8) is 0 Å². The van der Waals surface area contributed by atoms with E-state index in [0.29, 0.717) is 5.69 Å². The molecule has 1 aromatic rings. The van der Waals surface area contributed by atoms with Crippen LogP contribution in [0.2, 0.25) is 0 Å². The fraction of sp³-hybridized carbons (Fsp3) is 0.529. The maximum Gasteiger partial charge on any atom is 0.244 e. The van der Waals surface area contributed by atoms with E-state index in [1.807, 2.05) is 39.0 Å². The van der Waals surface area contributed by atoms with Gasteiger partial charge in [0.2, 0.25) is 11.7 Å². The van der Waals surface area contributed by atoms with Gasteiger partial charge >= 0.3 is 0 Å². The van der Waals surface area contributed by atoms with Gasteiger partial charge in [0.05, 0.1) is 6.57 Å². The summed E-state index contributed by atoms with van der Waals surface area (Å²) in [5, 5.41) is 0. The summed E-state index contributed by atoms with van der Waals surface area (Å²) in [4.78, 5) is 7.49. The van der Waals surface area contributed by atoms with Crippen molar-refractivity contribution in [3.05, 3.63) is 52.2 Å². The number of rotatable bonds is 1. The molecule has 0 spiro atoms. The molecule has 1 unspecified atom stereocenters. The predicted octanol–water partition coefficient (Wildman–Crippen LogP) is 5.54. The third-order valence-corrected chi connectivity index (χ3v) is 3.23. The van der Waals surface area contributed by atoms with Crippen LogP contribution in [0.4, 0.5) is 5.69 Å². The standard InChI is InChI=1S/C17H22N2.2Pt/c1-16(2,3)13-11-9-10-12(14(13)18-7)15(19-8)17(4,5)6;;/h9-11,15H,1-6H3;;. The molecular weight excluding hydrogens is 622 g/mol. The van der Waals surface area contributed by atoms with Crippen molar-refractivity contribution in [3.8, 4) is 0 Å². The Morgan fingerprint density at radius 1 is 0.952 bits per heavy atom. The minimum atomic E-state index is -0.279. The first-order chi connectivity index (χ1) is 8.62. The van der Waals surface area contributed by atoms with E-state index in [0.717, 1.165) is 11.1 Å². The Hall–Kier alpha value is -0.423. The molecule has 1 atom stereocenters. The summed E-state index contributed by atoms with van der Waals surface area (Å²) >= 11 is 0. The zero-order valence-electron chi connectivity index (χ0n) is 13.3. The van der Waals surface area contributed by atoms with Gasteiger partial charge in [-0.05, 0) is 11.0 Å². The fourth-order valence-electron chi connectivity index (χ4n) is 2.24. The van der Waals surface area contributed by atoms with Crippen LogP contribution in [0.15, 0.2) is 18.2 Å². The summed E-state index contributed by atoms with van der Waals surface area (Å²) in [6.45, 7) is 27.4. The number of benzene rings is 1. The van der Waals surface area contributed by atoms with Crippen LogP contribution in [0.5, 0.6) is 0 Å². The largest absolute Gasteiger partial charge is 0.309 e. The molecule has 0 saturated heterocycles. The number of para-hydroxylation sites is 1. The van der Waals surface area contributed by atoms with Gasteiger partial charge in [-0.25, -0.2) is 11.4 Å². The Balaban J connectivity index is 0. The first-order valence-electron chi connectivity index (χ1n) is 6.50. The molecule has 0 aliphatic carbocycles. The van der Waals surface area contributed by atoms with Gasteiger partial charge in [0.25, 0.3) is 0 Å². The van der Waals surface area contributed by atoms with Gasteiger partial charge in [-0.2, -0.15) is 0 Å². The predicted molar refractivity (Wildman–Crippen MR) is 80.2 cm³/mol. The Labute approximate surface area is 157 Å². The average Bonchev–Trinajstić information content (AvgIpc) is 2.26. The van der Waals surface area contributed by atoms with E-state index >= 15 is 0 Å². The fourth-order valence-corrected chi connectivity index (χ4v) is 2.24. The topological polar surface area (TPSA) is 8.72 Å². The van der Waals surface area contributed by atoms with Crippen molar-refractivity contribution in [2.24, 2.45) is 5.41 Å². The van der Waals surface area contributed by atoms with Crippen LogP contribution in [-0.2, 0) is 47.5 Å². The Morgan fingerprint density at radius 3 is 1.81 bits per heavy atom. The molecule has 0 saturated carbocycles. The molecule has 0 radical (unpaired) electrons. The Morgan fingerprint density at radius 2 is 1.48 bits per heavy atom. The van der Waals surface area contributed by atoms with Crippen LogP contribution in [0, 0.1) is 18.6 Å². The summed E-state index contributed by atoms with van der Waals surface area (Å²) in [6.07, 6.45) is 0. The maximum absolute atomic E-state index is 7.50. The van der Waals surface area contributed by atoms with Crippen LogP contribution in [0.1, 0.15) is 58.7 Å². The van der Waals surface area contributed by atoms with Crippen molar-refractivity contribution in [1.82, 2.24) is 0 Å².